The summed E-state index contributed by atoms with van der Waals surface area (Å²) < 4.78 is 0. The molecule has 0 unspecified atom stereocenters. The summed E-state index contributed by atoms with van der Waals surface area (Å²) in [6.07, 6.45) is 2.74. The van der Waals surface area contributed by atoms with Crippen molar-refractivity contribution < 1.29 is 0 Å². The Morgan fingerprint density at radius 1 is 1.75 bits per heavy atom. The number of hydrogen-bond acceptors (Lipinski definition) is 3. The Kier molecular flexibility index (Phi) is 1.48. The summed E-state index contributed by atoms with van der Waals surface area (Å²) in [5.74, 6) is 0. The highest BCUT2D eigenvalue weighted by atomic mass is 32.1. The van der Waals surface area contributed by atoms with Crippen molar-refractivity contribution in [3.8, 4) is 0 Å². The Labute approximate surface area is 52.8 Å². The zero-order chi connectivity index (χ0) is 5.98. The van der Waals surface area contributed by atoms with Gasteiger partial charge in [-0.25, -0.2) is 4.98 Å². The van der Waals surface area contributed by atoms with Gasteiger partial charge in [0, 0.05) is 19.5 Å². The Hall–Kier alpha value is -0.570. The molecule has 0 spiro atoms. The normalized spacial score (nSPS) is 9.25. The van der Waals surface area contributed by atoms with E-state index in [0.717, 1.165) is 5.13 Å². The molecule has 1 rings (SSSR count). The van der Waals surface area contributed by atoms with Crippen molar-refractivity contribution in [3.05, 3.63) is 11.6 Å². The van der Waals surface area contributed by atoms with Crippen LogP contribution in [0.5, 0.6) is 0 Å². The zero-order valence-electron chi connectivity index (χ0n) is 4.88. The third-order valence-corrected chi connectivity index (χ3v) is 1.65. The lowest BCUT2D eigenvalue weighted by molar-refractivity contribution is 1.10. The number of thiazole rings is 1. The summed E-state index contributed by atoms with van der Waals surface area (Å²) in [4.78, 5) is 5.89. The molecule has 8 heavy (non-hydrogen) atoms. The Morgan fingerprint density at radius 2 is 2.50 bits per heavy atom. The minimum atomic E-state index is 1.00. The second kappa shape index (κ2) is 2.13. The highest BCUT2D eigenvalue weighted by molar-refractivity contribution is 7.13. The molecule has 0 aromatic carbocycles. The first-order valence-electron chi connectivity index (χ1n) is 2.29. The molecule has 1 radical (unpaired) electrons. The molecule has 3 heteroatoms. The number of rotatable bonds is 1. The Balaban J connectivity index is 2.77. The lowest BCUT2D eigenvalue weighted by atomic mass is 10.9. The van der Waals surface area contributed by atoms with Crippen LogP contribution in [0.1, 0.15) is 0 Å². The van der Waals surface area contributed by atoms with Gasteiger partial charge in [0.2, 0.25) is 0 Å². The summed E-state index contributed by atoms with van der Waals surface area (Å²) in [5.41, 5.74) is 0. The highest BCUT2D eigenvalue weighted by Gasteiger charge is 1.93. The zero-order valence-corrected chi connectivity index (χ0v) is 5.70. The molecule has 0 saturated carbocycles. The molecule has 1 aromatic rings. The van der Waals surface area contributed by atoms with E-state index in [9.17, 15) is 0 Å². The van der Waals surface area contributed by atoms with E-state index in [2.05, 4.69) is 11.2 Å². The van der Waals surface area contributed by atoms with E-state index in [-0.39, 0.29) is 0 Å². The SMILES string of the molecule is CN(C)c1n[c]cs1. The molecular weight excluding hydrogens is 120 g/mol. The number of nitrogens with zero attached hydrogens (tertiary/aromatic N) is 2. The predicted octanol–water partition coefficient (Wildman–Crippen LogP) is 1.01. The molecular formula is C5H7N2S. The monoisotopic (exact) mass is 127 g/mol. The maximum absolute atomic E-state index is 3.94. The molecule has 1 aromatic heterocycles. The average Bonchev–Trinajstić information content (AvgIpc) is 2.12. The number of anilines is 1. The molecule has 2 nitrogen and oxygen atoms in total. The van der Waals surface area contributed by atoms with Gasteiger partial charge < -0.3 is 4.90 Å². The van der Waals surface area contributed by atoms with Gasteiger partial charge in [-0.15, -0.1) is 11.3 Å². The minimum Gasteiger partial charge on any atom is -0.354 e. The standard InChI is InChI=1S/C5H7N2S/c1-7(2)5-6-3-4-8-5/h4H,1-2H3. The molecule has 1 heterocycles. The fourth-order valence-corrected chi connectivity index (χ4v) is 0.919. The lowest BCUT2D eigenvalue weighted by Crippen LogP contribution is -2.07. The van der Waals surface area contributed by atoms with Crippen LogP contribution in [-0.2, 0) is 0 Å². The third-order valence-electron chi connectivity index (χ3n) is 0.760. The molecule has 0 fully saturated rings. The quantitative estimate of drug-likeness (QED) is 0.559. The van der Waals surface area contributed by atoms with Gasteiger partial charge in [0.15, 0.2) is 5.13 Å². The minimum absolute atomic E-state index is 1.00. The van der Waals surface area contributed by atoms with E-state index in [1.807, 2.05) is 24.4 Å². The maximum Gasteiger partial charge on any atom is 0.185 e. The lowest BCUT2D eigenvalue weighted by Gasteiger charge is -2.04. The van der Waals surface area contributed by atoms with E-state index in [1.54, 1.807) is 11.3 Å². The number of aromatic nitrogens is 1. The first-order chi connectivity index (χ1) is 3.80. The first-order valence-corrected chi connectivity index (χ1v) is 3.17. The van der Waals surface area contributed by atoms with Gasteiger partial charge in [0.1, 0.15) is 6.20 Å². The number of hydrogen-bond donors (Lipinski definition) is 0. The third kappa shape index (κ3) is 0.980. The van der Waals surface area contributed by atoms with Gasteiger partial charge in [-0.1, -0.05) is 0 Å². The van der Waals surface area contributed by atoms with Gasteiger partial charge in [-0.2, -0.15) is 0 Å². The highest BCUT2D eigenvalue weighted by Crippen LogP contribution is 2.11. The van der Waals surface area contributed by atoms with E-state index in [1.165, 1.54) is 0 Å². The van der Waals surface area contributed by atoms with Crippen LogP contribution in [0.3, 0.4) is 0 Å². The smallest absolute Gasteiger partial charge is 0.185 e. The Bertz CT molecular complexity index is 145. The predicted molar refractivity (Wildman–Crippen MR) is 35.3 cm³/mol. The van der Waals surface area contributed by atoms with E-state index < -0.39 is 0 Å². The summed E-state index contributed by atoms with van der Waals surface area (Å²) in [6.45, 7) is 0. The molecule has 0 N–H and O–H groups in total. The van der Waals surface area contributed by atoms with Crippen LogP contribution in [0.4, 0.5) is 5.13 Å². The van der Waals surface area contributed by atoms with Crippen LogP contribution in [0, 0.1) is 6.20 Å². The van der Waals surface area contributed by atoms with Crippen molar-refractivity contribution in [1.82, 2.24) is 4.98 Å². The summed E-state index contributed by atoms with van der Waals surface area (Å²) >= 11 is 1.59. The van der Waals surface area contributed by atoms with Crippen molar-refractivity contribution >= 4 is 16.5 Å². The van der Waals surface area contributed by atoms with E-state index in [4.69, 9.17) is 0 Å². The van der Waals surface area contributed by atoms with Gasteiger partial charge in [0.05, 0.1) is 0 Å². The molecule has 43 valence electrons. The maximum atomic E-state index is 3.94. The van der Waals surface area contributed by atoms with Crippen LogP contribution in [0.2, 0.25) is 0 Å². The van der Waals surface area contributed by atoms with Gasteiger partial charge >= 0.3 is 0 Å². The van der Waals surface area contributed by atoms with Crippen molar-refractivity contribution in [2.75, 3.05) is 19.0 Å². The molecule has 0 atom stereocenters. The summed E-state index contributed by atoms with van der Waals surface area (Å²) in [5, 5.41) is 2.85. The van der Waals surface area contributed by atoms with Crippen molar-refractivity contribution in [1.29, 1.82) is 0 Å². The topological polar surface area (TPSA) is 16.1 Å². The molecule has 0 bridgehead atoms. The van der Waals surface area contributed by atoms with Crippen LogP contribution in [0.15, 0.2) is 5.38 Å². The van der Waals surface area contributed by atoms with Crippen molar-refractivity contribution in [2.24, 2.45) is 0 Å². The van der Waals surface area contributed by atoms with Gasteiger partial charge in [0.25, 0.3) is 0 Å². The van der Waals surface area contributed by atoms with Crippen molar-refractivity contribution in [3.63, 3.8) is 0 Å². The van der Waals surface area contributed by atoms with Crippen LogP contribution >= 0.6 is 11.3 Å². The molecule has 0 aliphatic heterocycles. The first kappa shape index (κ1) is 5.56. The fourth-order valence-electron chi connectivity index (χ4n) is 0.392. The second-order valence-corrected chi connectivity index (χ2v) is 2.49. The summed E-state index contributed by atoms with van der Waals surface area (Å²) in [7, 11) is 3.93. The average molecular weight is 127 g/mol. The molecule has 0 saturated heterocycles. The molecule has 0 aliphatic rings. The van der Waals surface area contributed by atoms with Crippen LogP contribution in [0.25, 0.3) is 0 Å². The second-order valence-electron chi connectivity index (χ2n) is 1.65. The Morgan fingerprint density at radius 3 is 2.75 bits per heavy atom. The molecule has 0 amide bonds. The van der Waals surface area contributed by atoms with E-state index >= 15 is 0 Å². The largest absolute Gasteiger partial charge is 0.354 e. The molecule has 0 aliphatic carbocycles. The van der Waals surface area contributed by atoms with Gasteiger partial charge in [-0.05, 0) is 0 Å². The fraction of sp³-hybridized carbons (Fsp3) is 0.400. The van der Waals surface area contributed by atoms with E-state index in [0.29, 0.717) is 0 Å². The van der Waals surface area contributed by atoms with Crippen LogP contribution < -0.4 is 4.90 Å². The summed E-state index contributed by atoms with van der Waals surface area (Å²) in [6, 6.07) is 0. The van der Waals surface area contributed by atoms with Crippen LogP contribution in [-0.4, -0.2) is 19.1 Å². The van der Waals surface area contributed by atoms with Crippen molar-refractivity contribution in [2.45, 2.75) is 0 Å². The van der Waals surface area contributed by atoms with Gasteiger partial charge in [-0.3, -0.25) is 0 Å².